The number of nitrogens with one attached hydrogen (secondary N) is 1. The monoisotopic (exact) mass is 286 g/mol. The smallest absolute Gasteiger partial charge is 0.267 e. The largest absolute Gasteiger partial charge is 0.271 e. The highest BCUT2D eigenvalue weighted by Gasteiger charge is 2.05. The second-order valence-corrected chi connectivity index (χ2v) is 4.87. The molecule has 20 heavy (non-hydrogen) atoms. The van der Waals surface area contributed by atoms with Crippen molar-refractivity contribution < 1.29 is 4.79 Å². The fraction of sp³-hybridized carbons (Fsp3) is 0.125. The van der Waals surface area contributed by atoms with Gasteiger partial charge in [-0.25, -0.2) is 5.43 Å². The highest BCUT2D eigenvalue weighted by molar-refractivity contribution is 6.30. The zero-order valence-electron chi connectivity index (χ0n) is 11.1. The molecule has 0 saturated heterocycles. The lowest BCUT2D eigenvalue weighted by Gasteiger charge is -2.05. The van der Waals surface area contributed by atoms with Crippen LogP contribution in [0, 0.1) is 0 Å². The average Bonchev–Trinajstić information content (AvgIpc) is 2.48. The minimum absolute atomic E-state index is 0.135. The lowest BCUT2D eigenvalue weighted by Crippen LogP contribution is -2.18. The van der Waals surface area contributed by atoms with Gasteiger partial charge in [-0.1, -0.05) is 54.9 Å². The molecule has 1 atom stereocenters. The molecule has 0 radical (unpaired) electrons. The lowest BCUT2D eigenvalue weighted by molar-refractivity contribution is 0.0955. The van der Waals surface area contributed by atoms with E-state index in [0.29, 0.717) is 10.6 Å². The minimum Gasteiger partial charge on any atom is -0.267 e. The maximum atomic E-state index is 11.8. The van der Waals surface area contributed by atoms with Crippen LogP contribution in [-0.4, -0.2) is 12.1 Å². The lowest BCUT2D eigenvalue weighted by atomic mass is 10.0. The first kappa shape index (κ1) is 14.3. The summed E-state index contributed by atoms with van der Waals surface area (Å²) in [6.07, 6.45) is 1.71. The topological polar surface area (TPSA) is 41.5 Å². The Kier molecular flexibility index (Phi) is 4.91. The second-order valence-electron chi connectivity index (χ2n) is 4.43. The van der Waals surface area contributed by atoms with E-state index in [9.17, 15) is 4.79 Å². The molecule has 2 rings (SSSR count). The first-order chi connectivity index (χ1) is 9.66. The fourth-order valence-electron chi connectivity index (χ4n) is 1.74. The fourth-order valence-corrected chi connectivity index (χ4v) is 1.93. The molecule has 1 N–H and O–H groups in total. The third-order valence-electron chi connectivity index (χ3n) is 2.88. The van der Waals surface area contributed by atoms with Gasteiger partial charge in [-0.15, -0.1) is 0 Å². The van der Waals surface area contributed by atoms with E-state index in [2.05, 4.69) is 10.5 Å². The van der Waals surface area contributed by atoms with Crippen LogP contribution in [0.25, 0.3) is 0 Å². The number of halogens is 1. The van der Waals surface area contributed by atoms with E-state index >= 15 is 0 Å². The maximum Gasteiger partial charge on any atom is 0.271 e. The molecule has 0 heterocycles. The van der Waals surface area contributed by atoms with Gasteiger partial charge in [0.1, 0.15) is 0 Å². The van der Waals surface area contributed by atoms with Crippen LogP contribution in [0.4, 0.5) is 0 Å². The zero-order valence-corrected chi connectivity index (χ0v) is 11.8. The molecule has 0 unspecified atom stereocenters. The molecule has 0 aliphatic rings. The van der Waals surface area contributed by atoms with Gasteiger partial charge in [0, 0.05) is 22.7 Å². The summed E-state index contributed by atoms with van der Waals surface area (Å²) < 4.78 is 0. The van der Waals surface area contributed by atoms with Gasteiger partial charge in [-0.3, -0.25) is 4.79 Å². The summed E-state index contributed by atoms with van der Waals surface area (Å²) in [7, 11) is 0. The van der Waals surface area contributed by atoms with Crippen LogP contribution in [0.2, 0.25) is 5.02 Å². The number of hydrogen-bond acceptors (Lipinski definition) is 2. The Morgan fingerprint density at radius 2 is 1.95 bits per heavy atom. The Bertz CT molecular complexity index is 611. The van der Waals surface area contributed by atoms with Crippen LogP contribution in [0.15, 0.2) is 59.7 Å². The number of hydrogen-bond donors (Lipinski definition) is 1. The number of carbonyl (C=O) groups is 1. The number of benzene rings is 2. The number of carbonyl (C=O) groups excluding carboxylic acids is 1. The van der Waals surface area contributed by atoms with Crippen LogP contribution in [0.1, 0.15) is 28.8 Å². The van der Waals surface area contributed by atoms with Gasteiger partial charge in [0.2, 0.25) is 0 Å². The summed E-state index contributed by atoms with van der Waals surface area (Å²) in [5.41, 5.74) is 4.13. The van der Waals surface area contributed by atoms with E-state index < -0.39 is 0 Å². The SMILES string of the molecule is C[C@@H](/C=N\NC(=O)c1cccc(Cl)c1)c1ccccc1. The molecule has 4 heteroatoms. The predicted octanol–water partition coefficient (Wildman–Crippen LogP) is 3.86. The van der Waals surface area contributed by atoms with Crippen molar-refractivity contribution in [1.82, 2.24) is 5.43 Å². The van der Waals surface area contributed by atoms with Crippen LogP contribution in [-0.2, 0) is 0 Å². The molecular formula is C16H15ClN2O. The van der Waals surface area contributed by atoms with E-state index in [1.165, 1.54) is 0 Å². The van der Waals surface area contributed by atoms with Crippen LogP contribution in [0.3, 0.4) is 0 Å². The quantitative estimate of drug-likeness (QED) is 0.673. The van der Waals surface area contributed by atoms with Crippen molar-refractivity contribution in [1.29, 1.82) is 0 Å². The Balaban J connectivity index is 1.95. The summed E-state index contributed by atoms with van der Waals surface area (Å²) in [6.45, 7) is 2.02. The first-order valence-electron chi connectivity index (χ1n) is 6.31. The maximum absolute atomic E-state index is 11.8. The molecule has 0 fully saturated rings. The molecule has 2 aromatic rings. The first-order valence-corrected chi connectivity index (χ1v) is 6.68. The van der Waals surface area contributed by atoms with Crippen molar-refractivity contribution in [3.05, 3.63) is 70.7 Å². The molecule has 0 bridgehead atoms. The van der Waals surface area contributed by atoms with Gasteiger partial charge in [0.15, 0.2) is 0 Å². The summed E-state index contributed by atoms with van der Waals surface area (Å²) in [6, 6.07) is 16.7. The molecule has 1 amide bonds. The van der Waals surface area contributed by atoms with Crippen molar-refractivity contribution in [2.45, 2.75) is 12.8 Å². The van der Waals surface area contributed by atoms with E-state index in [4.69, 9.17) is 11.6 Å². The van der Waals surface area contributed by atoms with Crippen LogP contribution in [0.5, 0.6) is 0 Å². The summed E-state index contributed by atoms with van der Waals surface area (Å²) in [5, 5.41) is 4.51. The normalized spacial score (nSPS) is 12.3. The third-order valence-corrected chi connectivity index (χ3v) is 3.11. The van der Waals surface area contributed by atoms with Crippen molar-refractivity contribution in [3.63, 3.8) is 0 Å². The molecule has 0 aromatic heterocycles. The van der Waals surface area contributed by atoms with Crippen molar-refractivity contribution in [3.8, 4) is 0 Å². The summed E-state index contributed by atoms with van der Waals surface area (Å²) in [4.78, 5) is 11.8. The van der Waals surface area contributed by atoms with Gasteiger partial charge < -0.3 is 0 Å². The molecule has 0 saturated carbocycles. The van der Waals surface area contributed by atoms with Gasteiger partial charge in [-0.2, -0.15) is 5.10 Å². The number of nitrogens with zero attached hydrogens (tertiary/aromatic N) is 1. The number of rotatable bonds is 4. The van der Waals surface area contributed by atoms with Crippen molar-refractivity contribution in [2.24, 2.45) is 5.10 Å². The van der Waals surface area contributed by atoms with Crippen LogP contribution < -0.4 is 5.43 Å². The molecule has 0 spiro atoms. The van der Waals surface area contributed by atoms with E-state index in [1.54, 1.807) is 30.5 Å². The standard InChI is InChI=1S/C16H15ClN2O/c1-12(13-6-3-2-4-7-13)11-18-19-16(20)14-8-5-9-15(17)10-14/h2-12H,1H3,(H,19,20)/b18-11-/t12-/m0/s1. The molecule has 102 valence electrons. The van der Waals surface area contributed by atoms with E-state index in [-0.39, 0.29) is 11.8 Å². The molecular weight excluding hydrogens is 272 g/mol. The summed E-state index contributed by atoms with van der Waals surface area (Å²) >= 11 is 5.84. The molecule has 0 aliphatic carbocycles. The van der Waals surface area contributed by atoms with E-state index in [0.717, 1.165) is 5.56 Å². The van der Waals surface area contributed by atoms with Gasteiger partial charge in [-0.05, 0) is 23.8 Å². The predicted molar refractivity (Wildman–Crippen MR) is 82.3 cm³/mol. The molecule has 0 aliphatic heterocycles. The van der Waals surface area contributed by atoms with Gasteiger partial charge >= 0.3 is 0 Å². The highest BCUT2D eigenvalue weighted by atomic mass is 35.5. The number of amides is 1. The second kappa shape index (κ2) is 6.87. The zero-order chi connectivity index (χ0) is 14.4. The Morgan fingerprint density at radius 1 is 1.20 bits per heavy atom. The van der Waals surface area contributed by atoms with E-state index in [1.807, 2.05) is 37.3 Å². The van der Waals surface area contributed by atoms with Gasteiger partial charge in [0.25, 0.3) is 5.91 Å². The Labute approximate surface area is 123 Å². The van der Waals surface area contributed by atoms with Crippen molar-refractivity contribution >= 4 is 23.7 Å². The van der Waals surface area contributed by atoms with Gasteiger partial charge in [0.05, 0.1) is 0 Å². The van der Waals surface area contributed by atoms with Crippen LogP contribution >= 0.6 is 11.6 Å². The Morgan fingerprint density at radius 3 is 2.65 bits per heavy atom. The Hall–Kier alpha value is -2.13. The average molecular weight is 287 g/mol. The number of hydrazone groups is 1. The molecule has 2 aromatic carbocycles. The third kappa shape index (κ3) is 3.93. The van der Waals surface area contributed by atoms with Crippen molar-refractivity contribution in [2.75, 3.05) is 0 Å². The highest BCUT2D eigenvalue weighted by Crippen LogP contribution is 2.12. The summed E-state index contributed by atoms with van der Waals surface area (Å²) in [5.74, 6) is -0.139. The minimum atomic E-state index is -0.274. The molecule has 3 nitrogen and oxygen atoms in total.